The number of benzene rings is 1. The van der Waals surface area contributed by atoms with Gasteiger partial charge in [-0.3, -0.25) is 0 Å². The second-order valence-electron chi connectivity index (χ2n) is 3.08. The zero-order chi connectivity index (χ0) is 11.0. The number of rotatable bonds is 1. The van der Waals surface area contributed by atoms with Gasteiger partial charge in [0.15, 0.2) is 11.6 Å². The minimum Gasteiger partial charge on any atom is -0.463 e. The Bertz CT molecular complexity index is 434. The standard InChI is InChI=1S/C9H7F3N2O/c10-4-1-5(8(12)6(11)2-4)7-3-15-9(13)14-7/h1-2,7H,3H2,(H2,13,14)/t7-/m1/s1. The minimum atomic E-state index is -1.24. The van der Waals surface area contributed by atoms with E-state index in [1.165, 1.54) is 0 Å². The zero-order valence-corrected chi connectivity index (χ0v) is 7.51. The second-order valence-corrected chi connectivity index (χ2v) is 3.08. The molecule has 0 spiro atoms. The first kappa shape index (κ1) is 9.82. The van der Waals surface area contributed by atoms with E-state index in [-0.39, 0.29) is 18.2 Å². The van der Waals surface area contributed by atoms with Gasteiger partial charge in [0, 0.05) is 11.6 Å². The molecule has 0 unspecified atom stereocenters. The second kappa shape index (κ2) is 3.45. The fourth-order valence-electron chi connectivity index (χ4n) is 1.37. The molecule has 1 heterocycles. The maximum absolute atomic E-state index is 13.3. The molecular formula is C9H7F3N2O. The van der Waals surface area contributed by atoms with E-state index in [0.29, 0.717) is 6.07 Å². The number of nitrogens with two attached hydrogens (primary N) is 1. The molecule has 0 fully saturated rings. The fourth-order valence-corrected chi connectivity index (χ4v) is 1.37. The quantitative estimate of drug-likeness (QED) is 0.723. The van der Waals surface area contributed by atoms with Gasteiger partial charge >= 0.3 is 0 Å². The van der Waals surface area contributed by atoms with Crippen LogP contribution in [0.1, 0.15) is 11.6 Å². The Morgan fingerprint density at radius 3 is 2.67 bits per heavy atom. The van der Waals surface area contributed by atoms with Crippen molar-refractivity contribution < 1.29 is 17.9 Å². The van der Waals surface area contributed by atoms with E-state index in [4.69, 9.17) is 10.5 Å². The molecule has 0 aliphatic carbocycles. The number of ether oxygens (including phenoxy) is 1. The summed E-state index contributed by atoms with van der Waals surface area (Å²) in [5.74, 6) is -3.22. The number of amidine groups is 1. The Balaban J connectivity index is 2.44. The Labute approximate surface area is 83.4 Å². The highest BCUT2D eigenvalue weighted by Crippen LogP contribution is 2.26. The smallest absolute Gasteiger partial charge is 0.282 e. The van der Waals surface area contributed by atoms with E-state index < -0.39 is 23.5 Å². The summed E-state index contributed by atoms with van der Waals surface area (Å²) in [4.78, 5) is 3.70. The summed E-state index contributed by atoms with van der Waals surface area (Å²) in [5, 5.41) is 0. The molecule has 1 aliphatic rings. The van der Waals surface area contributed by atoms with Crippen molar-refractivity contribution in [1.29, 1.82) is 0 Å². The molecule has 3 nitrogen and oxygen atoms in total. The Morgan fingerprint density at radius 2 is 2.07 bits per heavy atom. The lowest BCUT2D eigenvalue weighted by Crippen LogP contribution is -2.10. The molecular weight excluding hydrogens is 209 g/mol. The molecule has 6 heteroatoms. The molecule has 15 heavy (non-hydrogen) atoms. The Morgan fingerprint density at radius 1 is 1.33 bits per heavy atom. The lowest BCUT2D eigenvalue weighted by atomic mass is 10.1. The topological polar surface area (TPSA) is 47.6 Å². The van der Waals surface area contributed by atoms with E-state index in [0.717, 1.165) is 6.07 Å². The third-order valence-corrected chi connectivity index (χ3v) is 2.05. The average molecular weight is 216 g/mol. The number of hydrogen-bond donors (Lipinski definition) is 1. The molecule has 80 valence electrons. The van der Waals surface area contributed by atoms with Gasteiger partial charge in [0.2, 0.25) is 0 Å². The maximum Gasteiger partial charge on any atom is 0.282 e. The minimum absolute atomic E-state index is 0.00829. The van der Waals surface area contributed by atoms with Crippen LogP contribution in [0.2, 0.25) is 0 Å². The lowest BCUT2D eigenvalue weighted by Gasteiger charge is -2.07. The first-order valence-electron chi connectivity index (χ1n) is 4.18. The van der Waals surface area contributed by atoms with Crippen molar-refractivity contribution in [2.45, 2.75) is 6.04 Å². The largest absolute Gasteiger partial charge is 0.463 e. The summed E-state index contributed by atoms with van der Waals surface area (Å²) in [6.45, 7) is -0.00829. The van der Waals surface area contributed by atoms with E-state index in [9.17, 15) is 13.2 Å². The molecule has 0 saturated carbocycles. The molecule has 1 atom stereocenters. The summed E-state index contributed by atoms with van der Waals surface area (Å²) in [7, 11) is 0. The van der Waals surface area contributed by atoms with Gasteiger partial charge in [0.1, 0.15) is 18.5 Å². The summed E-state index contributed by atoms with van der Waals surface area (Å²) in [5.41, 5.74) is 5.02. The zero-order valence-electron chi connectivity index (χ0n) is 7.51. The molecule has 1 aromatic rings. The van der Waals surface area contributed by atoms with Crippen LogP contribution in [-0.4, -0.2) is 12.6 Å². The highest BCUT2D eigenvalue weighted by atomic mass is 19.2. The van der Waals surface area contributed by atoms with Crippen molar-refractivity contribution in [1.82, 2.24) is 0 Å². The molecule has 0 aromatic heterocycles. The van der Waals surface area contributed by atoms with Crippen LogP contribution in [0.15, 0.2) is 17.1 Å². The molecule has 0 saturated heterocycles. The maximum atomic E-state index is 13.3. The summed E-state index contributed by atoms with van der Waals surface area (Å²) in [6, 6.07) is 0.468. The van der Waals surface area contributed by atoms with Gasteiger partial charge < -0.3 is 10.5 Å². The Kier molecular flexibility index (Phi) is 2.26. The normalized spacial score (nSPS) is 19.9. The molecule has 2 N–H and O–H groups in total. The van der Waals surface area contributed by atoms with Gasteiger partial charge in [-0.25, -0.2) is 18.2 Å². The van der Waals surface area contributed by atoms with Crippen molar-refractivity contribution in [2.24, 2.45) is 10.7 Å². The van der Waals surface area contributed by atoms with Crippen LogP contribution in [0, 0.1) is 17.5 Å². The molecule has 0 amide bonds. The average Bonchev–Trinajstić information content (AvgIpc) is 2.58. The molecule has 0 bridgehead atoms. The first-order chi connectivity index (χ1) is 7.08. The van der Waals surface area contributed by atoms with Crippen molar-refractivity contribution in [3.8, 4) is 0 Å². The van der Waals surface area contributed by atoms with Crippen LogP contribution in [0.3, 0.4) is 0 Å². The number of halogens is 3. The van der Waals surface area contributed by atoms with Gasteiger partial charge in [-0.15, -0.1) is 0 Å². The summed E-state index contributed by atoms with van der Waals surface area (Å²) < 4.78 is 43.7. The van der Waals surface area contributed by atoms with Crippen molar-refractivity contribution in [3.63, 3.8) is 0 Å². The third-order valence-electron chi connectivity index (χ3n) is 2.05. The lowest BCUT2D eigenvalue weighted by molar-refractivity contribution is 0.311. The van der Waals surface area contributed by atoms with Crippen LogP contribution < -0.4 is 5.73 Å². The van der Waals surface area contributed by atoms with Crippen LogP contribution >= 0.6 is 0 Å². The Hall–Kier alpha value is -1.72. The van der Waals surface area contributed by atoms with Gasteiger partial charge in [-0.1, -0.05) is 0 Å². The summed E-state index contributed by atoms with van der Waals surface area (Å²) >= 11 is 0. The predicted octanol–water partition coefficient (Wildman–Crippen LogP) is 1.49. The highest BCUT2D eigenvalue weighted by molar-refractivity contribution is 5.73. The number of aliphatic imine (C=N–C) groups is 1. The molecule has 2 rings (SSSR count). The summed E-state index contributed by atoms with van der Waals surface area (Å²) in [6.07, 6.45) is 0. The fraction of sp³-hybridized carbons (Fsp3) is 0.222. The van der Waals surface area contributed by atoms with Crippen LogP contribution in [-0.2, 0) is 4.74 Å². The predicted molar refractivity (Wildman–Crippen MR) is 46.6 cm³/mol. The van der Waals surface area contributed by atoms with Gasteiger partial charge in [0.05, 0.1) is 0 Å². The number of hydrogen-bond acceptors (Lipinski definition) is 3. The van der Waals surface area contributed by atoms with Crippen LogP contribution in [0.5, 0.6) is 0 Å². The van der Waals surface area contributed by atoms with Crippen molar-refractivity contribution >= 4 is 6.02 Å². The van der Waals surface area contributed by atoms with Gasteiger partial charge in [-0.05, 0) is 6.07 Å². The van der Waals surface area contributed by atoms with Crippen molar-refractivity contribution in [2.75, 3.05) is 6.61 Å². The van der Waals surface area contributed by atoms with Crippen LogP contribution in [0.25, 0.3) is 0 Å². The van der Waals surface area contributed by atoms with E-state index in [1.54, 1.807) is 0 Å². The van der Waals surface area contributed by atoms with E-state index >= 15 is 0 Å². The number of nitrogens with zero attached hydrogens (tertiary/aromatic N) is 1. The van der Waals surface area contributed by atoms with E-state index in [2.05, 4.69) is 4.99 Å². The van der Waals surface area contributed by atoms with Gasteiger partial charge in [-0.2, -0.15) is 0 Å². The molecule has 1 aromatic carbocycles. The third kappa shape index (κ3) is 1.74. The molecule has 1 aliphatic heterocycles. The van der Waals surface area contributed by atoms with Gasteiger partial charge in [0.25, 0.3) is 6.02 Å². The van der Waals surface area contributed by atoms with Crippen LogP contribution in [0.4, 0.5) is 13.2 Å². The first-order valence-corrected chi connectivity index (χ1v) is 4.18. The SMILES string of the molecule is NC1=N[C@@H](c2cc(F)cc(F)c2F)CO1. The highest BCUT2D eigenvalue weighted by Gasteiger charge is 2.24. The monoisotopic (exact) mass is 216 g/mol. The van der Waals surface area contributed by atoms with E-state index in [1.807, 2.05) is 0 Å². The van der Waals surface area contributed by atoms with Crippen molar-refractivity contribution in [3.05, 3.63) is 35.1 Å². The molecule has 0 radical (unpaired) electrons.